The van der Waals surface area contributed by atoms with Crippen molar-refractivity contribution in [2.45, 2.75) is 87.4 Å². The fourth-order valence-electron chi connectivity index (χ4n) is 5.48. The van der Waals surface area contributed by atoms with Gasteiger partial charge >= 0.3 is 0 Å². The molecule has 3 aromatic rings. The summed E-state index contributed by atoms with van der Waals surface area (Å²) in [7, 11) is -0.178. The van der Waals surface area contributed by atoms with Crippen molar-refractivity contribution in [3.05, 3.63) is 86.0 Å². The van der Waals surface area contributed by atoms with E-state index in [-0.39, 0.29) is 10.7 Å². The van der Waals surface area contributed by atoms with Crippen LogP contribution in [0.1, 0.15) is 87.7 Å². The molecule has 6 rings (SSSR count). The molecule has 236 valence electrons. The van der Waals surface area contributed by atoms with E-state index in [1.165, 1.54) is 12.0 Å². The summed E-state index contributed by atoms with van der Waals surface area (Å²) in [5.41, 5.74) is 1.48. The van der Waals surface area contributed by atoms with E-state index >= 15 is 0 Å². The molecule has 7 nitrogen and oxygen atoms in total. The van der Waals surface area contributed by atoms with Crippen LogP contribution in [0.25, 0.3) is 0 Å². The summed E-state index contributed by atoms with van der Waals surface area (Å²) in [5, 5.41) is 20.8. The lowest BCUT2D eigenvalue weighted by molar-refractivity contribution is -0.117. The monoisotopic (exact) mass is 739 g/mol. The van der Waals surface area contributed by atoms with Crippen LogP contribution in [0.5, 0.6) is 0 Å². The lowest BCUT2D eigenvalue weighted by Gasteiger charge is -2.21. The maximum absolute atomic E-state index is 10.2. The van der Waals surface area contributed by atoms with E-state index in [9.17, 15) is 9.90 Å². The molecule has 3 heterocycles. The third kappa shape index (κ3) is 12.1. The third-order valence-corrected chi connectivity index (χ3v) is 10.8. The molecule has 0 aromatic carbocycles. The van der Waals surface area contributed by atoms with Crippen LogP contribution >= 0.6 is 50.7 Å². The van der Waals surface area contributed by atoms with Crippen LogP contribution < -0.4 is 0 Å². The van der Waals surface area contributed by atoms with Crippen LogP contribution in [0.3, 0.4) is 0 Å². The van der Waals surface area contributed by atoms with Gasteiger partial charge in [0, 0.05) is 46.7 Å². The van der Waals surface area contributed by atoms with E-state index in [0.717, 1.165) is 74.2 Å². The average molecular weight is 742 g/mol. The predicted octanol–water partition coefficient (Wildman–Crippen LogP) is 9.41. The second-order valence-corrected chi connectivity index (χ2v) is 14.8. The smallest absolute Gasteiger partial charge is 0.212 e. The zero-order valence-corrected chi connectivity index (χ0v) is 29.3. The molecule has 0 radical (unpaired) electrons. The highest BCUT2D eigenvalue weighted by Crippen LogP contribution is 2.39. The van der Waals surface area contributed by atoms with E-state index in [0.29, 0.717) is 32.4 Å². The molecule has 0 amide bonds. The van der Waals surface area contributed by atoms with Crippen LogP contribution in [0.2, 0.25) is 15.5 Å². The zero-order chi connectivity index (χ0) is 32.0. The first-order chi connectivity index (χ1) is 21.1. The van der Waals surface area contributed by atoms with Crippen molar-refractivity contribution >= 4 is 67.2 Å². The Morgan fingerprint density at radius 1 is 0.886 bits per heavy atom. The van der Waals surface area contributed by atoms with Gasteiger partial charge in [-0.05, 0) is 96.5 Å². The molecule has 44 heavy (non-hydrogen) atoms. The molecule has 0 aliphatic heterocycles. The fourth-order valence-corrected chi connectivity index (χ4v) is 7.59. The van der Waals surface area contributed by atoms with Crippen molar-refractivity contribution in [2.75, 3.05) is 6.26 Å². The standard InChI is InChI=1S/C12H14ClN3S.C10H12ClNO.C5H3BrClN.C5H8O/c1-17(16-8-14)11-4-2-3-10(11)9-5-6-12(13)15-7-9;11-9-4-3-8(7-12-9)10(13)5-1-2-6-10;6-4-1-2-5(7)8-3-4;6-5-3-1-2-4-5/h5-7,10-11H,2-4H2,1H3;3-4,7,13H,1-2,5-6H2;1-3H;1-4H2/t10-,11-,17?;;;/m1.../s1. The zero-order valence-electron chi connectivity index (χ0n) is 24.6. The van der Waals surface area contributed by atoms with Crippen molar-refractivity contribution in [3.8, 4) is 6.19 Å². The average Bonchev–Trinajstić information content (AvgIpc) is 3.80. The number of ketones is 1. The Balaban J connectivity index is 0.000000172. The van der Waals surface area contributed by atoms with Gasteiger partial charge in [0.05, 0.1) is 5.60 Å². The van der Waals surface area contributed by atoms with E-state index in [1.54, 1.807) is 24.5 Å². The number of rotatable bonds is 3. The summed E-state index contributed by atoms with van der Waals surface area (Å²) >= 11 is 20.2. The maximum atomic E-state index is 10.2. The van der Waals surface area contributed by atoms with Crippen LogP contribution in [0.4, 0.5) is 0 Å². The topological polar surface area (TPSA) is 112 Å². The molecular weight excluding hydrogens is 705 g/mol. The molecule has 1 unspecified atom stereocenters. The number of halogens is 4. The van der Waals surface area contributed by atoms with Gasteiger partial charge in [0.25, 0.3) is 0 Å². The summed E-state index contributed by atoms with van der Waals surface area (Å²) in [6.07, 6.45) is 20.5. The summed E-state index contributed by atoms with van der Waals surface area (Å²) in [4.78, 5) is 22.2. The molecule has 3 atom stereocenters. The highest BCUT2D eigenvalue weighted by Gasteiger charge is 2.33. The predicted molar refractivity (Wildman–Crippen MR) is 183 cm³/mol. The minimum atomic E-state index is -0.641. The van der Waals surface area contributed by atoms with Crippen molar-refractivity contribution < 1.29 is 9.90 Å². The number of hydrogen-bond donors (Lipinski definition) is 1. The van der Waals surface area contributed by atoms with E-state index in [1.807, 2.05) is 36.7 Å². The number of aliphatic hydroxyl groups is 1. The summed E-state index contributed by atoms with van der Waals surface area (Å²) in [6.45, 7) is 0. The Morgan fingerprint density at radius 2 is 1.48 bits per heavy atom. The van der Waals surface area contributed by atoms with Gasteiger partial charge in [-0.3, -0.25) is 4.79 Å². The number of carbonyl (C=O) groups is 1. The van der Waals surface area contributed by atoms with Gasteiger partial charge in [0.15, 0.2) is 0 Å². The number of pyridine rings is 3. The van der Waals surface area contributed by atoms with Gasteiger partial charge in [-0.1, -0.05) is 76.9 Å². The minimum Gasteiger partial charge on any atom is -0.385 e. The quantitative estimate of drug-likeness (QED) is 0.212. The second kappa shape index (κ2) is 18.9. The summed E-state index contributed by atoms with van der Waals surface area (Å²) in [6, 6.07) is 11.0. The second-order valence-electron chi connectivity index (χ2n) is 10.9. The molecule has 0 spiro atoms. The molecule has 0 saturated heterocycles. The Labute approximate surface area is 286 Å². The summed E-state index contributed by atoms with van der Waals surface area (Å²) in [5.74, 6) is 0.931. The van der Waals surface area contributed by atoms with E-state index in [2.05, 4.69) is 41.5 Å². The van der Waals surface area contributed by atoms with Crippen molar-refractivity contribution in [1.82, 2.24) is 15.0 Å². The Hall–Kier alpha value is -1.93. The van der Waals surface area contributed by atoms with Crippen LogP contribution in [-0.2, 0) is 21.1 Å². The Bertz CT molecular complexity index is 1370. The molecule has 12 heteroatoms. The number of Topliss-reactive ketones (excluding diaryl/α,β-unsaturated/α-hetero) is 1. The van der Waals surface area contributed by atoms with E-state index in [4.69, 9.17) is 40.1 Å². The van der Waals surface area contributed by atoms with Gasteiger partial charge in [-0.25, -0.2) is 15.0 Å². The van der Waals surface area contributed by atoms with Crippen molar-refractivity contribution in [2.24, 2.45) is 4.36 Å². The molecule has 3 saturated carbocycles. The fraction of sp³-hybridized carbons (Fsp3) is 0.469. The molecular formula is C32H37BrCl3N5O2S. The lowest BCUT2D eigenvalue weighted by atomic mass is 9.94. The van der Waals surface area contributed by atoms with Crippen LogP contribution in [0, 0.1) is 11.5 Å². The van der Waals surface area contributed by atoms with Gasteiger partial charge < -0.3 is 5.11 Å². The number of nitriles is 1. The first-order valence-electron chi connectivity index (χ1n) is 14.6. The largest absolute Gasteiger partial charge is 0.385 e. The number of aromatic nitrogens is 3. The Morgan fingerprint density at radius 3 is 1.93 bits per heavy atom. The van der Waals surface area contributed by atoms with Gasteiger partial charge in [-0.15, -0.1) is 0 Å². The number of hydrogen-bond acceptors (Lipinski definition) is 7. The van der Waals surface area contributed by atoms with Crippen LogP contribution in [0.15, 0.2) is 63.8 Å². The first-order valence-corrected chi connectivity index (χ1v) is 18.2. The molecule has 3 fully saturated rings. The minimum absolute atomic E-state index is 0.178. The van der Waals surface area contributed by atoms with Crippen molar-refractivity contribution in [3.63, 3.8) is 0 Å². The van der Waals surface area contributed by atoms with E-state index < -0.39 is 5.60 Å². The highest BCUT2D eigenvalue weighted by molar-refractivity contribution is 9.10. The van der Waals surface area contributed by atoms with Crippen molar-refractivity contribution in [1.29, 1.82) is 5.26 Å². The van der Waals surface area contributed by atoms with Crippen LogP contribution in [-0.4, -0.2) is 37.3 Å². The molecule has 3 aliphatic carbocycles. The van der Waals surface area contributed by atoms with Gasteiger partial charge in [-0.2, -0.15) is 9.62 Å². The molecule has 3 aliphatic rings. The number of carbonyl (C=O) groups excluding carboxylic acids is 1. The molecule has 0 bridgehead atoms. The third-order valence-electron chi connectivity index (χ3n) is 7.80. The summed E-state index contributed by atoms with van der Waals surface area (Å²) < 4.78 is 4.93. The molecule has 1 N–H and O–H groups in total. The first kappa shape index (κ1) is 36.5. The lowest BCUT2D eigenvalue weighted by Crippen LogP contribution is -2.20. The Kier molecular flexibility index (Phi) is 15.7. The SMILES string of the molecule is CS(=NC#N)[C@@H]1CCC[C@@H]1c1ccc(Cl)nc1.Clc1ccc(Br)cn1.O=C1CCCC1.OC1(c2ccc(Cl)nc2)CCCC1. The maximum Gasteiger partial charge on any atom is 0.212 e. The number of nitrogens with zero attached hydrogens (tertiary/aromatic N) is 5. The normalized spacial score (nSPS) is 20.7. The molecule has 3 aromatic heterocycles. The van der Waals surface area contributed by atoms with Gasteiger partial charge in [0.1, 0.15) is 21.2 Å². The highest BCUT2D eigenvalue weighted by atomic mass is 79.9. The van der Waals surface area contributed by atoms with Gasteiger partial charge in [0.2, 0.25) is 6.19 Å².